The summed E-state index contributed by atoms with van der Waals surface area (Å²) in [7, 11) is 0. The highest BCUT2D eigenvalue weighted by molar-refractivity contribution is 7.18. The number of hydrogen-bond acceptors (Lipinski definition) is 4. The summed E-state index contributed by atoms with van der Waals surface area (Å²) in [4.78, 5) is 10.7. The van der Waals surface area contributed by atoms with Gasteiger partial charge in [-0.2, -0.15) is 0 Å². The van der Waals surface area contributed by atoms with Gasteiger partial charge in [-0.25, -0.2) is 9.97 Å². The maximum absolute atomic E-state index is 5.95. The van der Waals surface area contributed by atoms with Crippen LogP contribution in [0.1, 0.15) is 32.1 Å². The molecule has 0 saturated heterocycles. The van der Waals surface area contributed by atoms with E-state index in [1.807, 2.05) is 0 Å². The summed E-state index contributed by atoms with van der Waals surface area (Å²) in [5.41, 5.74) is 0.313. The number of aromatic nitrogens is 2. The molecule has 0 aromatic carbocycles. The van der Waals surface area contributed by atoms with Gasteiger partial charge in [-0.3, -0.25) is 0 Å². The fourth-order valence-electron chi connectivity index (χ4n) is 1.71. The maximum atomic E-state index is 5.95. The van der Waals surface area contributed by atoms with Gasteiger partial charge < -0.3 is 5.32 Å². The number of thiophene rings is 1. The Labute approximate surface area is 117 Å². The van der Waals surface area contributed by atoms with Crippen molar-refractivity contribution in [2.24, 2.45) is 5.41 Å². The van der Waals surface area contributed by atoms with Crippen LogP contribution in [0.15, 0.2) is 6.07 Å². The summed E-state index contributed by atoms with van der Waals surface area (Å²) < 4.78 is 0. The van der Waals surface area contributed by atoms with Crippen LogP contribution in [0.2, 0.25) is 5.28 Å². The van der Waals surface area contributed by atoms with Gasteiger partial charge in [0.25, 0.3) is 0 Å². The van der Waals surface area contributed by atoms with E-state index in [-0.39, 0.29) is 0 Å². The first-order valence-corrected chi connectivity index (χ1v) is 7.22. The molecule has 0 spiro atoms. The third kappa shape index (κ3) is 3.33. The van der Waals surface area contributed by atoms with E-state index in [9.17, 15) is 0 Å². The van der Waals surface area contributed by atoms with Crippen molar-refractivity contribution in [1.82, 2.24) is 9.97 Å². The summed E-state index contributed by atoms with van der Waals surface area (Å²) in [6.07, 6.45) is 1.08. The number of rotatable bonds is 3. The van der Waals surface area contributed by atoms with Gasteiger partial charge in [0.15, 0.2) is 0 Å². The Bertz CT molecular complexity index is 557. The molecule has 0 atom stereocenters. The maximum Gasteiger partial charge on any atom is 0.225 e. The molecule has 3 nitrogen and oxygen atoms in total. The van der Waals surface area contributed by atoms with Crippen molar-refractivity contribution in [3.63, 3.8) is 0 Å². The van der Waals surface area contributed by atoms with Crippen molar-refractivity contribution in [1.29, 1.82) is 0 Å². The summed E-state index contributed by atoms with van der Waals surface area (Å²) >= 11 is 7.59. The number of hydrogen-bond donors (Lipinski definition) is 1. The second-order valence-electron chi connectivity index (χ2n) is 5.65. The average molecular weight is 284 g/mol. The SMILES string of the molecule is Cc1cc2c(NCCC(C)(C)C)nc(Cl)nc2s1. The molecule has 0 aliphatic carbocycles. The first-order chi connectivity index (χ1) is 8.35. The summed E-state index contributed by atoms with van der Waals surface area (Å²) in [6.45, 7) is 9.64. The van der Waals surface area contributed by atoms with E-state index in [0.29, 0.717) is 10.7 Å². The second kappa shape index (κ2) is 5.02. The Morgan fingerprint density at radius 3 is 2.72 bits per heavy atom. The van der Waals surface area contributed by atoms with Crippen LogP contribution < -0.4 is 5.32 Å². The van der Waals surface area contributed by atoms with E-state index >= 15 is 0 Å². The Kier molecular flexibility index (Phi) is 3.78. The van der Waals surface area contributed by atoms with Gasteiger partial charge in [-0.15, -0.1) is 11.3 Å². The van der Waals surface area contributed by atoms with Crippen molar-refractivity contribution >= 4 is 39.0 Å². The lowest BCUT2D eigenvalue weighted by atomic mass is 9.92. The molecule has 2 aromatic rings. The molecule has 1 N–H and O–H groups in total. The lowest BCUT2D eigenvalue weighted by molar-refractivity contribution is 0.389. The number of halogens is 1. The molecule has 2 rings (SSSR count). The quantitative estimate of drug-likeness (QED) is 0.843. The first-order valence-electron chi connectivity index (χ1n) is 6.03. The summed E-state index contributed by atoms with van der Waals surface area (Å²) in [5, 5.41) is 4.74. The average Bonchev–Trinajstić information content (AvgIpc) is 2.56. The zero-order chi connectivity index (χ0) is 13.3. The van der Waals surface area contributed by atoms with Crippen LogP contribution in [-0.2, 0) is 0 Å². The van der Waals surface area contributed by atoms with Crippen molar-refractivity contribution < 1.29 is 0 Å². The number of anilines is 1. The third-order valence-electron chi connectivity index (χ3n) is 2.66. The van der Waals surface area contributed by atoms with Gasteiger partial charge >= 0.3 is 0 Å². The highest BCUT2D eigenvalue weighted by Crippen LogP contribution is 2.29. The zero-order valence-electron chi connectivity index (χ0n) is 11.2. The Morgan fingerprint density at radius 2 is 2.06 bits per heavy atom. The molecule has 98 valence electrons. The molecular formula is C13H18ClN3S. The van der Waals surface area contributed by atoms with Crippen LogP contribution in [0.25, 0.3) is 10.2 Å². The fraction of sp³-hybridized carbons (Fsp3) is 0.538. The predicted octanol–water partition coefficient (Wildman–Crippen LogP) is 4.50. The molecule has 2 aromatic heterocycles. The highest BCUT2D eigenvalue weighted by Gasteiger charge is 2.12. The molecule has 0 saturated carbocycles. The normalized spacial score (nSPS) is 12.1. The van der Waals surface area contributed by atoms with Crippen molar-refractivity contribution in [3.8, 4) is 0 Å². The van der Waals surface area contributed by atoms with E-state index in [1.165, 1.54) is 4.88 Å². The minimum Gasteiger partial charge on any atom is -0.369 e. The van der Waals surface area contributed by atoms with Crippen LogP contribution in [0.3, 0.4) is 0 Å². The van der Waals surface area contributed by atoms with Gasteiger partial charge in [0.05, 0.1) is 5.39 Å². The second-order valence-corrected chi connectivity index (χ2v) is 7.23. The number of nitrogens with one attached hydrogen (secondary N) is 1. The van der Waals surface area contributed by atoms with Crippen molar-refractivity contribution in [2.75, 3.05) is 11.9 Å². The zero-order valence-corrected chi connectivity index (χ0v) is 12.7. The molecule has 2 heterocycles. The van der Waals surface area contributed by atoms with Crippen LogP contribution >= 0.6 is 22.9 Å². The van der Waals surface area contributed by atoms with E-state index in [4.69, 9.17) is 11.6 Å². The molecule has 0 fully saturated rings. The van der Waals surface area contributed by atoms with Crippen molar-refractivity contribution in [2.45, 2.75) is 34.1 Å². The lowest BCUT2D eigenvalue weighted by Gasteiger charge is -2.18. The molecule has 0 bridgehead atoms. The fourth-order valence-corrected chi connectivity index (χ4v) is 2.81. The molecule has 5 heteroatoms. The molecule has 0 aliphatic rings. The Morgan fingerprint density at radius 1 is 1.33 bits per heavy atom. The molecule has 0 aliphatic heterocycles. The third-order valence-corrected chi connectivity index (χ3v) is 3.77. The number of nitrogens with zero attached hydrogens (tertiary/aromatic N) is 2. The van der Waals surface area contributed by atoms with E-state index < -0.39 is 0 Å². The molecule has 0 radical (unpaired) electrons. The van der Waals surface area contributed by atoms with E-state index in [1.54, 1.807) is 11.3 Å². The monoisotopic (exact) mass is 283 g/mol. The number of aryl methyl sites for hydroxylation is 1. The standard InChI is InChI=1S/C13H18ClN3S/c1-8-7-9-10(15-6-5-13(2,3)4)16-12(14)17-11(9)18-8/h7H,5-6H2,1-4H3,(H,15,16,17). The number of fused-ring (bicyclic) bond motifs is 1. The molecular weight excluding hydrogens is 266 g/mol. The van der Waals surface area contributed by atoms with Crippen molar-refractivity contribution in [3.05, 3.63) is 16.2 Å². The van der Waals surface area contributed by atoms with Crippen LogP contribution in [0.4, 0.5) is 5.82 Å². The molecule has 0 unspecified atom stereocenters. The van der Waals surface area contributed by atoms with Crippen LogP contribution in [0, 0.1) is 12.3 Å². The topological polar surface area (TPSA) is 37.8 Å². The van der Waals surface area contributed by atoms with E-state index in [2.05, 4.69) is 49.0 Å². The summed E-state index contributed by atoms with van der Waals surface area (Å²) in [6, 6.07) is 2.11. The van der Waals surface area contributed by atoms with Crippen LogP contribution in [-0.4, -0.2) is 16.5 Å². The molecule has 18 heavy (non-hydrogen) atoms. The Balaban J connectivity index is 2.21. The van der Waals surface area contributed by atoms with Gasteiger partial charge in [-0.05, 0) is 36.4 Å². The first kappa shape index (κ1) is 13.6. The van der Waals surface area contributed by atoms with Crippen LogP contribution in [0.5, 0.6) is 0 Å². The smallest absolute Gasteiger partial charge is 0.225 e. The summed E-state index contributed by atoms with van der Waals surface area (Å²) in [5.74, 6) is 0.846. The highest BCUT2D eigenvalue weighted by atomic mass is 35.5. The lowest BCUT2D eigenvalue weighted by Crippen LogP contribution is -2.13. The van der Waals surface area contributed by atoms with Gasteiger partial charge in [0.1, 0.15) is 10.6 Å². The van der Waals surface area contributed by atoms with Gasteiger partial charge in [0.2, 0.25) is 5.28 Å². The minimum atomic E-state index is 0.308. The minimum absolute atomic E-state index is 0.308. The largest absolute Gasteiger partial charge is 0.369 e. The Hall–Kier alpha value is -0.870. The predicted molar refractivity (Wildman–Crippen MR) is 79.7 cm³/mol. The van der Waals surface area contributed by atoms with Gasteiger partial charge in [0, 0.05) is 11.4 Å². The van der Waals surface area contributed by atoms with E-state index in [0.717, 1.165) is 29.0 Å². The molecule has 0 amide bonds. The van der Waals surface area contributed by atoms with Gasteiger partial charge in [-0.1, -0.05) is 20.8 Å².